The Bertz CT molecular complexity index is 367. The van der Waals surface area contributed by atoms with Crippen LogP contribution in [0.3, 0.4) is 0 Å². The highest BCUT2D eigenvalue weighted by atomic mass is 35.5. The number of rotatable bonds is 3. The average molecular weight is 253 g/mol. The molecule has 0 aliphatic heterocycles. The zero-order valence-corrected chi connectivity index (χ0v) is 11.5. The molecule has 17 heavy (non-hydrogen) atoms. The summed E-state index contributed by atoms with van der Waals surface area (Å²) in [5.74, 6) is 1.38. The molecule has 0 amide bonds. The Morgan fingerprint density at radius 2 is 2.29 bits per heavy atom. The Kier molecular flexibility index (Phi) is 4.27. The fourth-order valence-corrected chi connectivity index (χ4v) is 3.02. The Morgan fingerprint density at radius 1 is 1.47 bits per heavy atom. The van der Waals surface area contributed by atoms with E-state index in [0.717, 1.165) is 11.5 Å². The van der Waals surface area contributed by atoms with Gasteiger partial charge in [-0.2, -0.15) is 0 Å². The van der Waals surface area contributed by atoms with Crippen LogP contribution in [0.1, 0.15) is 38.2 Å². The third-order valence-corrected chi connectivity index (χ3v) is 4.15. The van der Waals surface area contributed by atoms with E-state index in [1.807, 2.05) is 12.4 Å². The molecular formula is C14H21ClN2. The number of hydrogen-bond acceptors (Lipinski definition) is 2. The van der Waals surface area contributed by atoms with Crippen molar-refractivity contribution in [2.24, 2.45) is 5.92 Å². The van der Waals surface area contributed by atoms with Gasteiger partial charge in [-0.3, -0.25) is 4.98 Å². The zero-order chi connectivity index (χ0) is 12.3. The SMILES string of the molecule is CC1CCCC(N(C)c2ccncc2CCl)C1. The molecule has 1 saturated carbocycles. The standard InChI is InChI=1S/C14H21ClN2/c1-11-4-3-5-13(8-11)17(2)14-6-7-16-10-12(14)9-15/h6-7,10-11,13H,3-5,8-9H2,1-2H3. The summed E-state index contributed by atoms with van der Waals surface area (Å²) in [4.78, 5) is 6.55. The van der Waals surface area contributed by atoms with Crippen molar-refractivity contribution in [3.05, 3.63) is 24.0 Å². The first-order valence-corrected chi connectivity index (χ1v) is 6.97. The topological polar surface area (TPSA) is 16.1 Å². The fourth-order valence-electron chi connectivity index (χ4n) is 2.82. The van der Waals surface area contributed by atoms with Crippen LogP contribution in [-0.4, -0.2) is 18.1 Å². The van der Waals surface area contributed by atoms with Gasteiger partial charge in [0.1, 0.15) is 0 Å². The summed E-state index contributed by atoms with van der Waals surface area (Å²) in [5, 5.41) is 0. The second-order valence-corrected chi connectivity index (χ2v) is 5.44. The Hall–Kier alpha value is -0.760. The highest BCUT2D eigenvalue weighted by Crippen LogP contribution is 2.31. The van der Waals surface area contributed by atoms with Crippen LogP contribution < -0.4 is 4.90 Å². The third kappa shape index (κ3) is 2.92. The van der Waals surface area contributed by atoms with Crippen molar-refractivity contribution in [2.75, 3.05) is 11.9 Å². The van der Waals surface area contributed by atoms with E-state index in [2.05, 4.69) is 29.9 Å². The maximum Gasteiger partial charge on any atom is 0.0509 e. The molecule has 1 heterocycles. The van der Waals surface area contributed by atoms with Crippen LogP contribution in [0.2, 0.25) is 0 Å². The van der Waals surface area contributed by atoms with Gasteiger partial charge in [0.15, 0.2) is 0 Å². The molecule has 2 atom stereocenters. The lowest BCUT2D eigenvalue weighted by Gasteiger charge is -2.36. The van der Waals surface area contributed by atoms with Crippen molar-refractivity contribution >= 4 is 17.3 Å². The Labute approximate surface area is 109 Å². The highest BCUT2D eigenvalue weighted by Gasteiger charge is 2.23. The summed E-state index contributed by atoms with van der Waals surface area (Å²) >= 11 is 5.98. The van der Waals surface area contributed by atoms with Crippen LogP contribution in [-0.2, 0) is 5.88 Å². The van der Waals surface area contributed by atoms with Gasteiger partial charge in [0.25, 0.3) is 0 Å². The van der Waals surface area contributed by atoms with Crippen molar-refractivity contribution in [3.63, 3.8) is 0 Å². The monoisotopic (exact) mass is 252 g/mol. The van der Waals surface area contributed by atoms with E-state index < -0.39 is 0 Å². The first kappa shape index (κ1) is 12.7. The molecule has 0 bridgehead atoms. The van der Waals surface area contributed by atoms with E-state index in [4.69, 9.17) is 11.6 Å². The number of pyridine rings is 1. The molecule has 2 unspecified atom stereocenters. The van der Waals surface area contributed by atoms with Gasteiger partial charge >= 0.3 is 0 Å². The van der Waals surface area contributed by atoms with Gasteiger partial charge < -0.3 is 4.90 Å². The van der Waals surface area contributed by atoms with E-state index in [1.54, 1.807) is 0 Å². The van der Waals surface area contributed by atoms with Gasteiger partial charge in [0.2, 0.25) is 0 Å². The molecule has 1 aromatic rings. The van der Waals surface area contributed by atoms with Crippen molar-refractivity contribution in [3.8, 4) is 0 Å². The molecule has 1 aliphatic rings. The number of aromatic nitrogens is 1. The van der Waals surface area contributed by atoms with Crippen molar-refractivity contribution in [1.82, 2.24) is 4.98 Å². The Morgan fingerprint density at radius 3 is 3.00 bits per heavy atom. The molecule has 1 fully saturated rings. The van der Waals surface area contributed by atoms with E-state index in [-0.39, 0.29) is 0 Å². The minimum Gasteiger partial charge on any atom is -0.371 e. The van der Waals surface area contributed by atoms with Crippen molar-refractivity contribution in [2.45, 2.75) is 44.5 Å². The molecule has 2 nitrogen and oxygen atoms in total. The van der Waals surface area contributed by atoms with E-state index in [0.29, 0.717) is 11.9 Å². The maximum absolute atomic E-state index is 5.98. The molecule has 0 aromatic carbocycles. The molecule has 0 N–H and O–H groups in total. The summed E-state index contributed by atoms with van der Waals surface area (Å²) < 4.78 is 0. The molecule has 0 radical (unpaired) electrons. The van der Waals surface area contributed by atoms with Gasteiger partial charge in [-0.25, -0.2) is 0 Å². The average Bonchev–Trinajstić information content (AvgIpc) is 2.38. The molecule has 0 saturated heterocycles. The molecule has 94 valence electrons. The molecular weight excluding hydrogens is 232 g/mol. The van der Waals surface area contributed by atoms with Crippen LogP contribution in [0.4, 0.5) is 5.69 Å². The van der Waals surface area contributed by atoms with E-state index in [9.17, 15) is 0 Å². The number of hydrogen-bond donors (Lipinski definition) is 0. The Balaban J connectivity index is 2.15. The molecule has 2 rings (SSSR count). The van der Waals surface area contributed by atoms with E-state index in [1.165, 1.54) is 31.4 Å². The summed E-state index contributed by atoms with van der Waals surface area (Å²) in [5.41, 5.74) is 2.38. The molecule has 1 aromatic heterocycles. The second-order valence-electron chi connectivity index (χ2n) is 5.17. The fraction of sp³-hybridized carbons (Fsp3) is 0.643. The smallest absolute Gasteiger partial charge is 0.0509 e. The molecule has 3 heteroatoms. The van der Waals surface area contributed by atoms with Crippen LogP contribution in [0.15, 0.2) is 18.5 Å². The summed E-state index contributed by atoms with van der Waals surface area (Å²) in [6, 6.07) is 2.74. The normalized spacial score (nSPS) is 24.6. The van der Waals surface area contributed by atoms with Gasteiger partial charge in [-0.05, 0) is 24.8 Å². The molecule has 0 spiro atoms. The van der Waals surface area contributed by atoms with Crippen LogP contribution >= 0.6 is 11.6 Å². The quantitative estimate of drug-likeness (QED) is 0.760. The largest absolute Gasteiger partial charge is 0.371 e. The number of nitrogens with zero attached hydrogens (tertiary/aromatic N) is 2. The highest BCUT2D eigenvalue weighted by molar-refractivity contribution is 6.17. The predicted octanol–water partition coefficient (Wildman–Crippen LogP) is 3.84. The lowest BCUT2D eigenvalue weighted by atomic mass is 9.86. The second kappa shape index (κ2) is 5.72. The summed E-state index contributed by atoms with van der Waals surface area (Å²) in [7, 11) is 2.19. The van der Waals surface area contributed by atoms with Crippen molar-refractivity contribution < 1.29 is 0 Å². The zero-order valence-electron chi connectivity index (χ0n) is 10.7. The predicted molar refractivity (Wildman–Crippen MR) is 73.6 cm³/mol. The lowest BCUT2D eigenvalue weighted by molar-refractivity contribution is 0.336. The minimum atomic E-state index is 0.537. The van der Waals surface area contributed by atoms with Gasteiger partial charge in [-0.15, -0.1) is 11.6 Å². The lowest BCUT2D eigenvalue weighted by Crippen LogP contribution is -2.36. The third-order valence-electron chi connectivity index (χ3n) is 3.86. The molecule has 1 aliphatic carbocycles. The summed E-state index contributed by atoms with van der Waals surface area (Å²) in [6.07, 6.45) is 9.05. The minimum absolute atomic E-state index is 0.537. The first-order chi connectivity index (χ1) is 8.22. The van der Waals surface area contributed by atoms with Gasteiger partial charge in [-0.1, -0.05) is 19.8 Å². The van der Waals surface area contributed by atoms with Crippen LogP contribution in [0, 0.1) is 5.92 Å². The first-order valence-electron chi connectivity index (χ1n) is 6.44. The number of anilines is 1. The maximum atomic E-state index is 5.98. The summed E-state index contributed by atoms with van der Waals surface area (Å²) in [6.45, 7) is 2.36. The number of alkyl halides is 1. The van der Waals surface area contributed by atoms with Gasteiger partial charge in [0, 0.05) is 36.7 Å². The van der Waals surface area contributed by atoms with Crippen molar-refractivity contribution in [1.29, 1.82) is 0 Å². The van der Waals surface area contributed by atoms with Gasteiger partial charge in [0.05, 0.1) is 5.88 Å². The van der Waals surface area contributed by atoms with E-state index >= 15 is 0 Å². The number of halogens is 1. The van der Waals surface area contributed by atoms with Crippen LogP contribution in [0.5, 0.6) is 0 Å². The van der Waals surface area contributed by atoms with Crippen LogP contribution in [0.25, 0.3) is 0 Å².